The Labute approximate surface area is 224 Å². The molecule has 0 radical (unpaired) electrons. The van der Waals surface area contributed by atoms with Crippen LogP contribution in [0.1, 0.15) is 39.7 Å². The number of fused-ring (bicyclic) bond motifs is 1. The van der Waals surface area contributed by atoms with Crippen LogP contribution >= 0.6 is 0 Å². The molecule has 0 bridgehead atoms. The number of hydrogen-bond acceptors (Lipinski definition) is 7. The van der Waals surface area contributed by atoms with E-state index in [1.54, 1.807) is 20.8 Å². The van der Waals surface area contributed by atoms with Gasteiger partial charge in [0.1, 0.15) is 23.6 Å². The number of rotatable bonds is 7. The Bertz CT molecular complexity index is 1320. The molecule has 2 amide bonds. The van der Waals surface area contributed by atoms with Crippen molar-refractivity contribution in [2.75, 3.05) is 22.7 Å². The standard InChI is InChI=1S/C25H30F3N3O7S/c1-15(32)22(33)29-11-10-18-14-31(39(35,36)19-7-5-6-16(12-19)25(26,27)28)20-13-17(8-9-21(20)37-18)30-23(34)38-24(2,3)4/h5-9,12-13,15,18,32H,10-11,14H2,1-4H3,(H,29,33)(H,30,34)/t15?,18-/m0/s1. The summed E-state index contributed by atoms with van der Waals surface area (Å²) in [5.74, 6) is -0.532. The molecule has 0 aliphatic carbocycles. The lowest BCUT2D eigenvalue weighted by atomic mass is 10.1. The van der Waals surface area contributed by atoms with Crippen molar-refractivity contribution in [3.63, 3.8) is 0 Å². The number of carbonyl (C=O) groups is 2. The van der Waals surface area contributed by atoms with Crippen LogP contribution in [0, 0.1) is 0 Å². The smallest absolute Gasteiger partial charge is 0.416 e. The Morgan fingerprint density at radius 2 is 1.87 bits per heavy atom. The van der Waals surface area contributed by atoms with Gasteiger partial charge in [0.2, 0.25) is 5.91 Å². The Balaban J connectivity index is 1.97. The number of anilines is 2. The van der Waals surface area contributed by atoms with E-state index in [1.165, 1.54) is 25.1 Å². The van der Waals surface area contributed by atoms with Crippen LogP contribution in [0.25, 0.3) is 0 Å². The second-order valence-electron chi connectivity index (χ2n) is 9.87. The molecule has 1 aliphatic heterocycles. The first-order valence-electron chi connectivity index (χ1n) is 11.9. The Morgan fingerprint density at radius 1 is 1.18 bits per heavy atom. The van der Waals surface area contributed by atoms with Crippen molar-refractivity contribution in [3.05, 3.63) is 48.0 Å². The molecule has 10 nitrogen and oxygen atoms in total. The third kappa shape index (κ3) is 7.76. The maximum Gasteiger partial charge on any atom is 0.416 e. The molecule has 14 heteroatoms. The molecule has 0 saturated carbocycles. The van der Waals surface area contributed by atoms with Crippen molar-refractivity contribution in [3.8, 4) is 5.75 Å². The molecule has 0 spiro atoms. The fraction of sp³-hybridized carbons (Fsp3) is 0.440. The molecule has 2 atom stereocenters. The van der Waals surface area contributed by atoms with E-state index in [0.29, 0.717) is 6.07 Å². The average Bonchev–Trinajstić information content (AvgIpc) is 2.81. The van der Waals surface area contributed by atoms with Gasteiger partial charge in [-0.25, -0.2) is 13.2 Å². The molecule has 0 aromatic heterocycles. The van der Waals surface area contributed by atoms with Gasteiger partial charge in [-0.3, -0.25) is 14.4 Å². The van der Waals surface area contributed by atoms with E-state index in [2.05, 4.69) is 10.6 Å². The van der Waals surface area contributed by atoms with E-state index < -0.39 is 56.5 Å². The minimum Gasteiger partial charge on any atom is -0.486 e. The topological polar surface area (TPSA) is 134 Å². The highest BCUT2D eigenvalue weighted by molar-refractivity contribution is 7.92. The number of hydrogen-bond donors (Lipinski definition) is 3. The third-order valence-electron chi connectivity index (χ3n) is 5.43. The van der Waals surface area contributed by atoms with E-state index >= 15 is 0 Å². The third-order valence-corrected chi connectivity index (χ3v) is 7.21. The van der Waals surface area contributed by atoms with Crippen molar-refractivity contribution < 1.29 is 45.8 Å². The van der Waals surface area contributed by atoms with Gasteiger partial charge in [0.05, 0.1) is 22.7 Å². The van der Waals surface area contributed by atoms with Crippen LogP contribution in [-0.4, -0.2) is 56.4 Å². The summed E-state index contributed by atoms with van der Waals surface area (Å²) in [4.78, 5) is 23.3. The average molecular weight is 574 g/mol. The molecular formula is C25H30F3N3O7S. The van der Waals surface area contributed by atoms with Crippen LogP contribution in [0.15, 0.2) is 47.4 Å². The summed E-state index contributed by atoms with van der Waals surface area (Å²) in [5, 5.41) is 14.3. The van der Waals surface area contributed by atoms with Gasteiger partial charge in [-0.15, -0.1) is 0 Å². The minimum absolute atomic E-state index is 0.00904. The van der Waals surface area contributed by atoms with Crippen molar-refractivity contribution in [1.29, 1.82) is 0 Å². The molecule has 214 valence electrons. The van der Waals surface area contributed by atoms with Crippen LogP contribution < -0.4 is 19.7 Å². The SMILES string of the molecule is CC(O)C(=O)NCC[C@H]1CN(S(=O)(=O)c2cccc(C(F)(F)F)c2)c2cc(NC(=O)OC(C)(C)C)ccc2O1. The van der Waals surface area contributed by atoms with Crippen LogP contribution in [0.2, 0.25) is 0 Å². The van der Waals surface area contributed by atoms with Gasteiger partial charge in [-0.2, -0.15) is 13.2 Å². The number of benzene rings is 2. The summed E-state index contributed by atoms with van der Waals surface area (Å²) in [6, 6.07) is 7.55. The van der Waals surface area contributed by atoms with Gasteiger partial charge >= 0.3 is 12.3 Å². The number of nitrogens with zero attached hydrogens (tertiary/aromatic N) is 1. The maximum absolute atomic E-state index is 13.7. The molecule has 0 fully saturated rings. The van der Waals surface area contributed by atoms with Crippen LogP contribution in [-0.2, 0) is 25.7 Å². The number of carbonyl (C=O) groups excluding carboxylic acids is 2. The van der Waals surface area contributed by atoms with Crippen LogP contribution in [0.3, 0.4) is 0 Å². The second kappa shape index (κ2) is 11.3. The molecule has 1 unspecified atom stereocenters. The summed E-state index contributed by atoms with van der Waals surface area (Å²) in [7, 11) is -4.54. The molecular weight excluding hydrogens is 543 g/mol. The monoisotopic (exact) mass is 573 g/mol. The molecule has 1 aliphatic rings. The fourth-order valence-corrected chi connectivity index (χ4v) is 5.20. The van der Waals surface area contributed by atoms with Gasteiger partial charge in [0.15, 0.2) is 0 Å². The Kier molecular flexibility index (Phi) is 8.70. The molecule has 1 heterocycles. The van der Waals surface area contributed by atoms with Crippen molar-refractivity contribution in [1.82, 2.24) is 5.32 Å². The number of sulfonamides is 1. The number of ether oxygens (including phenoxy) is 2. The summed E-state index contributed by atoms with van der Waals surface area (Å²) in [6.45, 7) is 6.03. The van der Waals surface area contributed by atoms with Crippen LogP contribution in [0.4, 0.5) is 29.3 Å². The Hall–Kier alpha value is -3.52. The zero-order chi connectivity index (χ0) is 29.2. The van der Waals surface area contributed by atoms with E-state index in [9.17, 15) is 36.3 Å². The van der Waals surface area contributed by atoms with E-state index in [-0.39, 0.29) is 36.6 Å². The van der Waals surface area contributed by atoms with Gasteiger partial charge in [0, 0.05) is 18.7 Å². The number of halogens is 3. The van der Waals surface area contributed by atoms with Crippen molar-refractivity contribution in [2.45, 2.75) is 63.0 Å². The fourth-order valence-electron chi connectivity index (χ4n) is 3.65. The predicted octanol–water partition coefficient (Wildman–Crippen LogP) is 3.90. The van der Waals surface area contributed by atoms with Gasteiger partial charge in [-0.1, -0.05) is 6.07 Å². The Morgan fingerprint density at radius 3 is 2.49 bits per heavy atom. The first-order chi connectivity index (χ1) is 18.0. The molecule has 2 aromatic carbocycles. The van der Waals surface area contributed by atoms with E-state index in [0.717, 1.165) is 22.5 Å². The highest BCUT2D eigenvalue weighted by Gasteiger charge is 2.37. The number of aliphatic hydroxyl groups excluding tert-OH is 1. The quantitative estimate of drug-likeness (QED) is 0.458. The largest absolute Gasteiger partial charge is 0.486 e. The zero-order valence-corrected chi connectivity index (χ0v) is 22.5. The summed E-state index contributed by atoms with van der Waals surface area (Å²) in [5.41, 5.74) is -1.77. The van der Waals surface area contributed by atoms with Gasteiger partial charge in [-0.05, 0) is 64.1 Å². The lowest BCUT2D eigenvalue weighted by molar-refractivity contribution is -0.137. The van der Waals surface area contributed by atoms with Gasteiger partial charge in [0.25, 0.3) is 10.0 Å². The zero-order valence-electron chi connectivity index (χ0n) is 21.7. The predicted molar refractivity (Wildman–Crippen MR) is 136 cm³/mol. The highest BCUT2D eigenvalue weighted by Crippen LogP contribution is 2.40. The van der Waals surface area contributed by atoms with Crippen molar-refractivity contribution >= 4 is 33.4 Å². The van der Waals surface area contributed by atoms with Crippen molar-refractivity contribution in [2.24, 2.45) is 0 Å². The molecule has 0 saturated heterocycles. The highest BCUT2D eigenvalue weighted by atomic mass is 32.2. The molecule has 39 heavy (non-hydrogen) atoms. The lowest BCUT2D eigenvalue weighted by Gasteiger charge is -2.36. The number of alkyl halides is 3. The normalized spacial score (nSPS) is 16.5. The lowest BCUT2D eigenvalue weighted by Crippen LogP contribution is -2.45. The second-order valence-corrected chi connectivity index (χ2v) is 11.7. The van der Waals surface area contributed by atoms with E-state index in [1.807, 2.05) is 0 Å². The first kappa shape index (κ1) is 30.0. The summed E-state index contributed by atoms with van der Waals surface area (Å²) in [6.07, 6.45) is -7.46. The van der Waals surface area contributed by atoms with Crippen LogP contribution in [0.5, 0.6) is 5.75 Å². The maximum atomic E-state index is 13.7. The molecule has 2 aromatic rings. The van der Waals surface area contributed by atoms with E-state index in [4.69, 9.17) is 9.47 Å². The molecule has 3 N–H and O–H groups in total. The minimum atomic E-state index is -4.76. The number of nitrogens with one attached hydrogen (secondary N) is 2. The number of amides is 2. The molecule has 3 rings (SSSR count). The van der Waals surface area contributed by atoms with Gasteiger partial charge < -0.3 is 19.9 Å². The summed E-state index contributed by atoms with van der Waals surface area (Å²) >= 11 is 0. The number of aliphatic hydroxyl groups is 1. The summed E-state index contributed by atoms with van der Waals surface area (Å²) < 4.78 is 79.3. The first-order valence-corrected chi connectivity index (χ1v) is 13.4.